The van der Waals surface area contributed by atoms with Crippen LogP contribution in [-0.2, 0) is 25.0 Å². The Morgan fingerprint density at radius 2 is 1.55 bits per heavy atom. The molecule has 2 rings (SSSR count). The second kappa shape index (κ2) is 6.75. The Hall–Kier alpha value is -0.810. The van der Waals surface area contributed by atoms with Gasteiger partial charge >= 0.3 is 29.6 Å². The third-order valence-electron chi connectivity index (χ3n) is 2.84. The van der Waals surface area contributed by atoms with Gasteiger partial charge in [0.2, 0.25) is 0 Å². The average molecular weight is 354 g/mol. The SMILES string of the molecule is O=C1C=C(c2ccc(S(=O)(=O)O)cc2)C=CC1S(=O)(=O)O.[H-].[Na+]. The Balaban J connectivity index is 0.00000242. The molecule has 0 aromatic heterocycles. The molecule has 10 heteroatoms. The van der Waals surface area contributed by atoms with E-state index in [9.17, 15) is 21.6 Å². The van der Waals surface area contributed by atoms with Gasteiger partial charge < -0.3 is 1.43 Å². The van der Waals surface area contributed by atoms with E-state index < -0.39 is 31.3 Å². The van der Waals surface area contributed by atoms with Crippen LogP contribution in [0.3, 0.4) is 0 Å². The summed E-state index contributed by atoms with van der Waals surface area (Å²) in [5, 5.41) is -1.63. The normalized spacial score (nSPS) is 18.5. The summed E-state index contributed by atoms with van der Waals surface area (Å²) in [4.78, 5) is 11.4. The molecule has 1 aromatic carbocycles. The maximum atomic E-state index is 11.6. The van der Waals surface area contributed by atoms with Gasteiger partial charge in [-0.1, -0.05) is 24.3 Å². The Bertz CT molecular complexity index is 855. The van der Waals surface area contributed by atoms with Crippen molar-refractivity contribution in [3.05, 3.63) is 48.1 Å². The van der Waals surface area contributed by atoms with Gasteiger partial charge in [0.1, 0.15) is 0 Å². The number of hydrogen-bond acceptors (Lipinski definition) is 5. The third-order valence-corrected chi connectivity index (χ3v) is 4.73. The minimum absolute atomic E-state index is 0. The molecule has 1 aliphatic rings. The van der Waals surface area contributed by atoms with E-state index in [1.54, 1.807) is 0 Å². The van der Waals surface area contributed by atoms with Gasteiger partial charge in [0, 0.05) is 0 Å². The topological polar surface area (TPSA) is 126 Å². The van der Waals surface area contributed by atoms with Crippen LogP contribution in [0.4, 0.5) is 0 Å². The van der Waals surface area contributed by atoms with E-state index in [-0.39, 0.29) is 35.9 Å². The molecule has 0 fully saturated rings. The molecule has 7 nitrogen and oxygen atoms in total. The van der Waals surface area contributed by atoms with Crippen LogP contribution < -0.4 is 29.6 Å². The van der Waals surface area contributed by atoms with Crippen LogP contribution >= 0.6 is 0 Å². The zero-order valence-electron chi connectivity index (χ0n) is 12.4. The maximum Gasteiger partial charge on any atom is 1.00 e. The van der Waals surface area contributed by atoms with Gasteiger partial charge in [0.15, 0.2) is 11.0 Å². The van der Waals surface area contributed by atoms with Crippen LogP contribution in [0.2, 0.25) is 0 Å². The van der Waals surface area contributed by atoms with Crippen LogP contribution in [0.15, 0.2) is 47.4 Å². The second-order valence-corrected chi connectivity index (χ2v) is 7.26. The van der Waals surface area contributed by atoms with Crippen molar-refractivity contribution in [3.63, 3.8) is 0 Å². The van der Waals surface area contributed by atoms with Gasteiger partial charge in [0.05, 0.1) is 4.90 Å². The summed E-state index contributed by atoms with van der Waals surface area (Å²) in [5.74, 6) is -0.797. The quantitative estimate of drug-likeness (QED) is 0.467. The van der Waals surface area contributed by atoms with Crippen LogP contribution in [-0.4, -0.2) is 37.0 Å². The number of hydrogen-bond donors (Lipinski definition) is 2. The van der Waals surface area contributed by atoms with Gasteiger partial charge in [0.25, 0.3) is 20.2 Å². The van der Waals surface area contributed by atoms with E-state index in [4.69, 9.17) is 9.11 Å². The van der Waals surface area contributed by atoms with Crippen molar-refractivity contribution in [2.75, 3.05) is 0 Å². The van der Waals surface area contributed by atoms with Crippen molar-refractivity contribution in [2.24, 2.45) is 0 Å². The fraction of sp³-hybridized carbons (Fsp3) is 0.0833. The Morgan fingerprint density at radius 3 is 1.95 bits per heavy atom. The number of carbonyl (C=O) groups is 1. The van der Waals surface area contributed by atoms with Crippen molar-refractivity contribution in [2.45, 2.75) is 10.1 Å². The predicted molar refractivity (Wildman–Crippen MR) is 74.8 cm³/mol. The summed E-state index contributed by atoms with van der Waals surface area (Å²) in [6.45, 7) is 0. The zero-order valence-corrected chi connectivity index (χ0v) is 15.0. The monoisotopic (exact) mass is 354 g/mol. The molecular formula is C12H11NaO7S2. The molecule has 1 aliphatic carbocycles. The van der Waals surface area contributed by atoms with Crippen LogP contribution in [0, 0.1) is 0 Å². The summed E-state index contributed by atoms with van der Waals surface area (Å²) in [7, 11) is -8.81. The van der Waals surface area contributed by atoms with Crippen molar-refractivity contribution >= 4 is 31.6 Å². The first-order chi connectivity index (χ1) is 9.59. The molecule has 1 aromatic rings. The Kier molecular flexibility index (Phi) is 5.90. The number of benzene rings is 1. The van der Waals surface area contributed by atoms with Crippen LogP contribution in [0.25, 0.3) is 5.57 Å². The molecule has 0 bridgehead atoms. The first kappa shape index (κ1) is 19.2. The van der Waals surface area contributed by atoms with E-state index in [0.29, 0.717) is 11.1 Å². The molecule has 0 heterocycles. The fourth-order valence-corrected chi connectivity index (χ4v) is 2.93. The number of ketones is 1. The van der Waals surface area contributed by atoms with Crippen molar-refractivity contribution < 1.29 is 61.7 Å². The molecule has 0 saturated carbocycles. The van der Waals surface area contributed by atoms with Crippen molar-refractivity contribution in [3.8, 4) is 0 Å². The Morgan fingerprint density at radius 1 is 1.00 bits per heavy atom. The summed E-state index contributed by atoms with van der Waals surface area (Å²) < 4.78 is 61.4. The van der Waals surface area contributed by atoms with Gasteiger partial charge in [-0.05, 0) is 29.3 Å². The smallest absolute Gasteiger partial charge is 1.00 e. The maximum absolute atomic E-state index is 11.6. The van der Waals surface area contributed by atoms with Gasteiger partial charge in [-0.25, -0.2) is 0 Å². The number of rotatable bonds is 3. The van der Waals surface area contributed by atoms with E-state index in [0.717, 1.165) is 24.3 Å². The first-order valence-electron chi connectivity index (χ1n) is 5.57. The first-order valence-corrected chi connectivity index (χ1v) is 8.51. The molecule has 0 radical (unpaired) electrons. The minimum atomic E-state index is -4.50. The van der Waals surface area contributed by atoms with Gasteiger partial charge in [-0.2, -0.15) is 16.8 Å². The standard InChI is InChI=1S/C12H10O7S2.Na.H/c13-11-7-9(3-6-12(11)21(17,18)19)8-1-4-10(5-2-8)20(14,15)16;;/h1-7,12H,(H,14,15,16)(H,17,18,19);;/q;+1;-1. The molecule has 1 atom stereocenters. The zero-order chi connectivity index (χ0) is 15.8. The number of carbonyl (C=O) groups excluding carboxylic acids is 1. The molecule has 2 N–H and O–H groups in total. The molecule has 0 aliphatic heterocycles. The molecule has 22 heavy (non-hydrogen) atoms. The van der Waals surface area contributed by atoms with Crippen molar-refractivity contribution in [1.29, 1.82) is 0 Å². The third kappa shape index (κ3) is 4.35. The summed E-state index contributed by atoms with van der Waals surface area (Å²) in [6, 6.07) is 5.03. The predicted octanol–water partition coefficient (Wildman–Crippen LogP) is -2.17. The van der Waals surface area contributed by atoms with Crippen LogP contribution in [0.5, 0.6) is 0 Å². The van der Waals surface area contributed by atoms with Crippen LogP contribution in [0.1, 0.15) is 6.99 Å². The molecule has 0 spiro atoms. The second-order valence-electron chi connectivity index (χ2n) is 4.30. The van der Waals surface area contributed by atoms with Gasteiger partial charge in [-0.3, -0.25) is 13.9 Å². The largest absolute Gasteiger partial charge is 1.00 e. The summed E-state index contributed by atoms with van der Waals surface area (Å²) in [6.07, 6.45) is 3.42. The molecule has 0 saturated heterocycles. The summed E-state index contributed by atoms with van der Waals surface area (Å²) >= 11 is 0. The van der Waals surface area contributed by atoms with E-state index in [1.807, 2.05) is 0 Å². The minimum Gasteiger partial charge on any atom is -1.00 e. The van der Waals surface area contributed by atoms with E-state index in [2.05, 4.69) is 0 Å². The fourth-order valence-electron chi connectivity index (χ4n) is 1.81. The molecule has 114 valence electrons. The Labute approximate surface area is 151 Å². The van der Waals surface area contributed by atoms with Crippen molar-refractivity contribution in [1.82, 2.24) is 0 Å². The van der Waals surface area contributed by atoms with E-state index >= 15 is 0 Å². The summed E-state index contributed by atoms with van der Waals surface area (Å²) in [5.41, 5.74) is 0.822. The molecular weight excluding hydrogens is 343 g/mol. The molecule has 1 unspecified atom stereocenters. The average Bonchev–Trinajstić information content (AvgIpc) is 2.36. The van der Waals surface area contributed by atoms with E-state index in [1.165, 1.54) is 18.2 Å². The molecule has 0 amide bonds. The van der Waals surface area contributed by atoms with Gasteiger partial charge in [-0.15, -0.1) is 0 Å². The number of allylic oxidation sites excluding steroid dienone is 3.